The van der Waals surface area contributed by atoms with Crippen molar-refractivity contribution < 1.29 is 18.3 Å². The van der Waals surface area contributed by atoms with Gasteiger partial charge in [-0.1, -0.05) is 0 Å². The van der Waals surface area contributed by atoms with Crippen LogP contribution in [0.25, 0.3) is 0 Å². The number of aliphatic hydroxyl groups is 1. The lowest BCUT2D eigenvalue weighted by atomic mass is 10.2. The summed E-state index contributed by atoms with van der Waals surface area (Å²) in [6.45, 7) is 1.80. The molecule has 1 aromatic heterocycles. The fourth-order valence-electron chi connectivity index (χ4n) is 1.38. The van der Waals surface area contributed by atoms with E-state index in [1.54, 1.807) is 18.5 Å². The SMILES string of the molecule is COCCC(CO)NS(=O)(=O)c1cn(C)c(C)n1. The average Bonchev–Trinajstić information content (AvgIpc) is 2.66. The summed E-state index contributed by atoms with van der Waals surface area (Å²) in [4.78, 5) is 3.95. The molecular formula is C10H19N3O4S. The Labute approximate surface area is 107 Å². The number of nitrogens with zero attached hydrogens (tertiary/aromatic N) is 2. The Morgan fingerprint density at radius 2 is 2.28 bits per heavy atom. The third kappa shape index (κ3) is 3.77. The van der Waals surface area contributed by atoms with Crippen LogP contribution in [0.15, 0.2) is 11.2 Å². The molecule has 0 spiro atoms. The maximum Gasteiger partial charge on any atom is 0.259 e. The summed E-state index contributed by atoms with van der Waals surface area (Å²) in [5.74, 6) is 0.604. The molecule has 0 saturated heterocycles. The highest BCUT2D eigenvalue weighted by molar-refractivity contribution is 7.89. The van der Waals surface area contributed by atoms with Gasteiger partial charge in [0.1, 0.15) is 5.82 Å². The quantitative estimate of drug-likeness (QED) is 0.694. The molecule has 1 atom stereocenters. The van der Waals surface area contributed by atoms with E-state index < -0.39 is 16.1 Å². The third-order valence-corrected chi connectivity index (χ3v) is 3.97. The Bertz CT molecular complexity index is 464. The van der Waals surface area contributed by atoms with Crippen LogP contribution in [0.1, 0.15) is 12.2 Å². The molecule has 0 fully saturated rings. The second-order valence-corrected chi connectivity index (χ2v) is 5.68. The van der Waals surface area contributed by atoms with Gasteiger partial charge in [-0.15, -0.1) is 0 Å². The molecule has 0 radical (unpaired) electrons. The van der Waals surface area contributed by atoms with Gasteiger partial charge >= 0.3 is 0 Å². The number of sulfonamides is 1. The van der Waals surface area contributed by atoms with E-state index in [-0.39, 0.29) is 11.6 Å². The highest BCUT2D eigenvalue weighted by atomic mass is 32.2. The van der Waals surface area contributed by atoms with E-state index in [1.165, 1.54) is 13.3 Å². The van der Waals surface area contributed by atoms with Gasteiger partial charge in [0, 0.05) is 33.0 Å². The van der Waals surface area contributed by atoms with Gasteiger partial charge in [-0.3, -0.25) is 0 Å². The molecule has 0 aromatic carbocycles. The first kappa shape index (κ1) is 15.1. The van der Waals surface area contributed by atoms with Crippen LogP contribution in [0.3, 0.4) is 0 Å². The summed E-state index contributed by atoms with van der Waals surface area (Å²) in [6.07, 6.45) is 1.83. The number of aromatic nitrogens is 2. The van der Waals surface area contributed by atoms with Crippen molar-refractivity contribution >= 4 is 10.0 Å². The van der Waals surface area contributed by atoms with Gasteiger partial charge in [0.05, 0.1) is 6.61 Å². The molecule has 0 amide bonds. The summed E-state index contributed by atoms with van der Waals surface area (Å²) in [5.41, 5.74) is 0. The standard InChI is InChI=1S/C10H19N3O4S/c1-8-11-10(6-13(8)2)18(15,16)12-9(7-14)4-5-17-3/h6,9,12,14H,4-5,7H2,1-3H3. The van der Waals surface area contributed by atoms with Crippen LogP contribution in [0, 0.1) is 6.92 Å². The maximum absolute atomic E-state index is 12.0. The fraction of sp³-hybridized carbons (Fsp3) is 0.700. The van der Waals surface area contributed by atoms with Crippen LogP contribution in [-0.4, -0.2) is 49.4 Å². The zero-order chi connectivity index (χ0) is 13.8. The Balaban J connectivity index is 2.80. The summed E-state index contributed by atoms with van der Waals surface area (Å²) in [5, 5.41) is 9.07. The number of aryl methyl sites for hydroxylation is 2. The summed E-state index contributed by atoms with van der Waals surface area (Å²) in [6, 6.07) is -0.572. The van der Waals surface area contributed by atoms with Gasteiger partial charge in [0.25, 0.3) is 10.0 Å². The lowest BCUT2D eigenvalue weighted by Crippen LogP contribution is -2.38. The molecule has 0 saturated carbocycles. The molecule has 0 aliphatic rings. The first-order chi connectivity index (χ1) is 8.40. The minimum absolute atomic E-state index is 0.0432. The molecule has 0 bridgehead atoms. The monoisotopic (exact) mass is 277 g/mol. The number of methoxy groups -OCH3 is 1. The van der Waals surface area contributed by atoms with Crippen molar-refractivity contribution in [3.05, 3.63) is 12.0 Å². The van der Waals surface area contributed by atoms with E-state index in [9.17, 15) is 8.42 Å². The molecule has 1 aromatic rings. The van der Waals surface area contributed by atoms with Gasteiger partial charge < -0.3 is 14.4 Å². The van der Waals surface area contributed by atoms with Gasteiger partial charge in [0.2, 0.25) is 0 Å². The van der Waals surface area contributed by atoms with Crippen LogP contribution in [0.2, 0.25) is 0 Å². The third-order valence-electron chi connectivity index (χ3n) is 2.57. The summed E-state index contributed by atoms with van der Waals surface area (Å²) < 4.78 is 32.9. The summed E-state index contributed by atoms with van der Waals surface area (Å²) >= 11 is 0. The van der Waals surface area contributed by atoms with E-state index >= 15 is 0 Å². The van der Waals surface area contributed by atoms with Crippen molar-refractivity contribution in [2.75, 3.05) is 20.3 Å². The maximum atomic E-state index is 12.0. The number of hydrogen-bond acceptors (Lipinski definition) is 5. The van der Waals surface area contributed by atoms with Crippen molar-refractivity contribution in [2.45, 2.75) is 24.4 Å². The molecule has 104 valence electrons. The Morgan fingerprint density at radius 1 is 1.61 bits per heavy atom. The lowest BCUT2D eigenvalue weighted by Gasteiger charge is -2.14. The molecule has 1 heterocycles. The molecule has 1 rings (SSSR count). The van der Waals surface area contributed by atoms with Crippen molar-refractivity contribution in [2.24, 2.45) is 7.05 Å². The molecule has 2 N–H and O–H groups in total. The number of aliphatic hydroxyl groups excluding tert-OH is 1. The van der Waals surface area contributed by atoms with Crippen molar-refractivity contribution in [3.63, 3.8) is 0 Å². The molecule has 18 heavy (non-hydrogen) atoms. The van der Waals surface area contributed by atoms with Gasteiger partial charge in [0.15, 0.2) is 5.03 Å². The zero-order valence-electron chi connectivity index (χ0n) is 10.8. The molecule has 7 nitrogen and oxygen atoms in total. The second-order valence-electron chi connectivity index (χ2n) is 4.02. The van der Waals surface area contributed by atoms with Crippen molar-refractivity contribution in [1.82, 2.24) is 14.3 Å². The zero-order valence-corrected chi connectivity index (χ0v) is 11.6. The first-order valence-electron chi connectivity index (χ1n) is 5.52. The fourth-order valence-corrected chi connectivity index (χ4v) is 2.68. The van der Waals surface area contributed by atoms with Gasteiger partial charge in [-0.25, -0.2) is 18.1 Å². The van der Waals surface area contributed by atoms with E-state index in [1.807, 2.05) is 0 Å². The number of nitrogens with one attached hydrogen (secondary N) is 1. The minimum Gasteiger partial charge on any atom is -0.395 e. The number of rotatable bonds is 7. The Kier molecular flexibility index (Phi) is 5.27. The van der Waals surface area contributed by atoms with Gasteiger partial charge in [-0.2, -0.15) is 0 Å². The predicted molar refractivity (Wildman–Crippen MR) is 65.6 cm³/mol. The smallest absolute Gasteiger partial charge is 0.259 e. The van der Waals surface area contributed by atoms with Crippen LogP contribution in [0.5, 0.6) is 0 Å². The topological polar surface area (TPSA) is 93.5 Å². The first-order valence-corrected chi connectivity index (χ1v) is 7.01. The van der Waals surface area contributed by atoms with Crippen LogP contribution in [-0.2, 0) is 21.8 Å². The average molecular weight is 277 g/mol. The molecular weight excluding hydrogens is 258 g/mol. The van der Waals surface area contributed by atoms with Crippen molar-refractivity contribution in [1.29, 1.82) is 0 Å². The van der Waals surface area contributed by atoms with E-state index in [0.717, 1.165) is 0 Å². The minimum atomic E-state index is -3.70. The molecule has 0 aliphatic carbocycles. The van der Waals surface area contributed by atoms with E-state index in [2.05, 4.69) is 9.71 Å². The molecule has 0 aliphatic heterocycles. The molecule has 8 heteroatoms. The number of ether oxygens (including phenoxy) is 1. The van der Waals surface area contributed by atoms with E-state index in [0.29, 0.717) is 18.9 Å². The van der Waals surface area contributed by atoms with E-state index in [4.69, 9.17) is 9.84 Å². The molecule has 1 unspecified atom stereocenters. The van der Waals surface area contributed by atoms with Crippen LogP contribution in [0.4, 0.5) is 0 Å². The lowest BCUT2D eigenvalue weighted by molar-refractivity contribution is 0.166. The highest BCUT2D eigenvalue weighted by Gasteiger charge is 2.22. The van der Waals surface area contributed by atoms with Crippen LogP contribution >= 0.6 is 0 Å². The Hall–Kier alpha value is -0.960. The number of imidazole rings is 1. The Morgan fingerprint density at radius 3 is 2.72 bits per heavy atom. The number of hydrogen-bond donors (Lipinski definition) is 2. The van der Waals surface area contributed by atoms with Crippen LogP contribution < -0.4 is 4.72 Å². The van der Waals surface area contributed by atoms with Gasteiger partial charge in [-0.05, 0) is 13.3 Å². The second kappa shape index (κ2) is 6.28. The highest BCUT2D eigenvalue weighted by Crippen LogP contribution is 2.09. The van der Waals surface area contributed by atoms with Crippen molar-refractivity contribution in [3.8, 4) is 0 Å². The largest absolute Gasteiger partial charge is 0.395 e. The predicted octanol–water partition coefficient (Wildman–Crippen LogP) is -0.596. The normalized spacial score (nSPS) is 13.8. The summed E-state index contributed by atoms with van der Waals surface area (Å²) in [7, 11) is -0.464.